The van der Waals surface area contributed by atoms with E-state index in [0.29, 0.717) is 29.0 Å². The molecule has 0 radical (unpaired) electrons. The molecule has 0 bridgehead atoms. The number of benzene rings is 2. The van der Waals surface area contributed by atoms with Crippen LogP contribution in [0, 0.1) is 18.6 Å². The molecular formula is C23H23F2N7OS2. The fraction of sp³-hybridized carbons (Fsp3) is 0.261. The van der Waals surface area contributed by atoms with E-state index < -0.39 is 16.5 Å². The van der Waals surface area contributed by atoms with Crippen LogP contribution in [0.2, 0.25) is 0 Å². The lowest BCUT2D eigenvalue weighted by atomic mass is 10.0. The third-order valence-corrected chi connectivity index (χ3v) is 7.32. The van der Waals surface area contributed by atoms with E-state index in [4.69, 9.17) is 5.10 Å². The fourth-order valence-corrected chi connectivity index (χ4v) is 5.75. The van der Waals surface area contributed by atoms with Gasteiger partial charge in [0.2, 0.25) is 11.0 Å². The second-order valence-corrected chi connectivity index (χ2v) is 10.2. The summed E-state index contributed by atoms with van der Waals surface area (Å²) in [5.74, 6) is -0.901. The van der Waals surface area contributed by atoms with Crippen LogP contribution in [-0.2, 0) is 9.67 Å². The first-order valence-electron chi connectivity index (χ1n) is 10.7. The third-order valence-electron chi connectivity index (χ3n) is 5.06. The van der Waals surface area contributed by atoms with Gasteiger partial charge in [0.25, 0.3) is 0 Å². The van der Waals surface area contributed by atoms with Gasteiger partial charge in [0, 0.05) is 25.5 Å². The first kappa shape index (κ1) is 24.7. The largest absolute Gasteiger partial charge is 0.313 e. The number of aromatic nitrogens is 2. The second-order valence-electron chi connectivity index (χ2n) is 7.73. The molecule has 2 heterocycles. The summed E-state index contributed by atoms with van der Waals surface area (Å²) >= 11 is 2.68. The number of thioether (sulfide) groups is 1. The molecule has 0 saturated heterocycles. The number of aryl methyl sites for hydroxylation is 1. The van der Waals surface area contributed by atoms with E-state index in [1.807, 2.05) is 37.3 Å². The van der Waals surface area contributed by atoms with Crippen molar-refractivity contribution in [2.24, 2.45) is 10.2 Å². The van der Waals surface area contributed by atoms with Crippen molar-refractivity contribution in [2.75, 3.05) is 11.6 Å². The summed E-state index contributed by atoms with van der Waals surface area (Å²) in [4.78, 5) is 10.4. The van der Waals surface area contributed by atoms with E-state index in [1.54, 1.807) is 11.9 Å². The molecule has 0 saturated carbocycles. The Labute approximate surface area is 209 Å². The van der Waals surface area contributed by atoms with Crippen LogP contribution in [0.15, 0.2) is 58.7 Å². The number of halogens is 2. The normalized spacial score (nSPS) is 17.9. The summed E-state index contributed by atoms with van der Waals surface area (Å²) in [6.07, 6.45) is 0.459. The maximum atomic E-state index is 14.7. The standard InChI is InChI=1S/C23H23F2N7OS2/c1-14(27-15(2)33)28-26-12-11-23(17-7-5-4-6-8-17)32(22-30-29-16(3)34-22)31-21(35-23)19-13-18(24)9-10-20(19)25/h4-10,13,26H,11-12H2,1-3H3,(H,27,28,33). The number of nitrogens with one attached hydrogen (secondary N) is 2. The molecule has 0 spiro atoms. The molecule has 0 fully saturated rings. The fourth-order valence-electron chi connectivity index (χ4n) is 3.60. The van der Waals surface area contributed by atoms with Gasteiger partial charge in [0.15, 0.2) is 0 Å². The maximum Gasteiger partial charge on any atom is 0.230 e. The maximum absolute atomic E-state index is 14.7. The number of carbonyl (C=O) groups is 1. The van der Waals surface area contributed by atoms with Gasteiger partial charge >= 0.3 is 0 Å². The molecule has 4 rings (SSSR count). The van der Waals surface area contributed by atoms with Gasteiger partial charge in [0.1, 0.15) is 32.4 Å². The summed E-state index contributed by atoms with van der Waals surface area (Å²) in [6, 6.07) is 13.0. The average Bonchev–Trinajstić information content (AvgIpc) is 3.43. The van der Waals surface area contributed by atoms with Crippen LogP contribution in [0.4, 0.5) is 13.9 Å². The van der Waals surface area contributed by atoms with Crippen LogP contribution in [0.25, 0.3) is 0 Å². The molecule has 2 aromatic carbocycles. The molecule has 12 heteroatoms. The molecular weight excluding hydrogens is 492 g/mol. The van der Waals surface area contributed by atoms with Gasteiger partial charge in [-0.2, -0.15) is 10.2 Å². The molecule has 8 nitrogen and oxygen atoms in total. The van der Waals surface area contributed by atoms with Crippen molar-refractivity contribution < 1.29 is 13.6 Å². The summed E-state index contributed by atoms with van der Waals surface area (Å²) in [5.41, 5.74) is 3.96. The summed E-state index contributed by atoms with van der Waals surface area (Å²) in [7, 11) is 0. The molecule has 35 heavy (non-hydrogen) atoms. The molecule has 3 aromatic rings. The van der Waals surface area contributed by atoms with Crippen LogP contribution in [0.3, 0.4) is 0 Å². The Morgan fingerprint density at radius 2 is 1.91 bits per heavy atom. The summed E-state index contributed by atoms with van der Waals surface area (Å²) in [6.45, 7) is 5.31. The Morgan fingerprint density at radius 1 is 1.14 bits per heavy atom. The Kier molecular flexibility index (Phi) is 7.41. The Morgan fingerprint density at radius 3 is 2.60 bits per heavy atom. The van der Waals surface area contributed by atoms with Crippen molar-refractivity contribution in [3.63, 3.8) is 0 Å². The monoisotopic (exact) mass is 515 g/mol. The predicted octanol–water partition coefficient (Wildman–Crippen LogP) is 4.34. The zero-order valence-corrected chi connectivity index (χ0v) is 20.9. The number of hydrogen-bond donors (Lipinski definition) is 2. The van der Waals surface area contributed by atoms with Crippen molar-refractivity contribution in [2.45, 2.75) is 32.1 Å². The topological polar surface area (TPSA) is 94.9 Å². The SMILES string of the molecule is CC(=O)NC(C)=NNCCC1(c2ccccc2)SC(c2cc(F)ccc2F)=NN1c1nnc(C)s1. The van der Waals surface area contributed by atoms with Crippen LogP contribution >= 0.6 is 23.1 Å². The van der Waals surface area contributed by atoms with Gasteiger partial charge in [0.05, 0.1) is 0 Å². The number of nitrogens with zero attached hydrogens (tertiary/aromatic N) is 5. The molecule has 1 aromatic heterocycles. The molecule has 1 atom stereocenters. The van der Waals surface area contributed by atoms with E-state index in [-0.39, 0.29) is 11.5 Å². The third kappa shape index (κ3) is 5.49. The lowest BCUT2D eigenvalue weighted by molar-refractivity contribution is -0.117. The number of carbonyl (C=O) groups excluding carboxylic acids is 1. The minimum absolute atomic E-state index is 0.0755. The molecule has 1 unspecified atom stereocenters. The first-order valence-corrected chi connectivity index (χ1v) is 12.4. The highest BCUT2D eigenvalue weighted by molar-refractivity contribution is 8.15. The van der Waals surface area contributed by atoms with E-state index in [1.165, 1.54) is 30.0 Å². The van der Waals surface area contributed by atoms with Crippen LogP contribution in [0.5, 0.6) is 0 Å². The van der Waals surface area contributed by atoms with Crippen LogP contribution in [0.1, 0.15) is 36.4 Å². The molecule has 0 aliphatic carbocycles. The van der Waals surface area contributed by atoms with Crippen molar-refractivity contribution in [1.82, 2.24) is 20.9 Å². The summed E-state index contributed by atoms with van der Waals surface area (Å²) in [5, 5.41) is 23.3. The quantitative estimate of drug-likeness (QED) is 0.210. The molecule has 2 N–H and O–H groups in total. The second kappa shape index (κ2) is 10.5. The predicted molar refractivity (Wildman–Crippen MR) is 135 cm³/mol. The van der Waals surface area contributed by atoms with E-state index in [0.717, 1.165) is 28.8 Å². The number of hydrazone groups is 2. The number of anilines is 1. The lowest BCUT2D eigenvalue weighted by Gasteiger charge is -2.35. The van der Waals surface area contributed by atoms with Crippen molar-refractivity contribution in [1.29, 1.82) is 0 Å². The van der Waals surface area contributed by atoms with E-state index >= 15 is 0 Å². The van der Waals surface area contributed by atoms with E-state index in [9.17, 15) is 13.6 Å². The zero-order chi connectivity index (χ0) is 25.0. The number of rotatable bonds is 7. The average molecular weight is 516 g/mol. The van der Waals surface area contributed by atoms with Gasteiger partial charge in [-0.15, -0.1) is 10.2 Å². The van der Waals surface area contributed by atoms with Crippen LogP contribution < -0.4 is 15.8 Å². The summed E-state index contributed by atoms with van der Waals surface area (Å²) < 4.78 is 28.8. The van der Waals surface area contributed by atoms with Crippen molar-refractivity contribution in [3.8, 4) is 0 Å². The molecule has 1 aliphatic heterocycles. The smallest absolute Gasteiger partial charge is 0.230 e. The van der Waals surface area contributed by atoms with Gasteiger partial charge in [-0.05, 0) is 37.6 Å². The van der Waals surface area contributed by atoms with Gasteiger partial charge in [-0.3, -0.25) is 4.79 Å². The van der Waals surface area contributed by atoms with E-state index in [2.05, 4.69) is 26.0 Å². The number of amides is 1. The number of hydrogen-bond acceptors (Lipinski definition) is 9. The minimum Gasteiger partial charge on any atom is -0.313 e. The Bertz CT molecular complexity index is 1280. The number of amidine groups is 1. The van der Waals surface area contributed by atoms with Crippen molar-refractivity contribution in [3.05, 3.63) is 76.3 Å². The first-order chi connectivity index (χ1) is 16.8. The van der Waals surface area contributed by atoms with Crippen molar-refractivity contribution >= 4 is 45.0 Å². The molecule has 182 valence electrons. The van der Waals surface area contributed by atoms with Gasteiger partial charge in [-0.25, -0.2) is 13.8 Å². The highest BCUT2D eigenvalue weighted by atomic mass is 32.2. The Balaban J connectivity index is 1.74. The van der Waals surface area contributed by atoms with Crippen LogP contribution in [-0.4, -0.2) is 33.5 Å². The van der Waals surface area contributed by atoms with Gasteiger partial charge < -0.3 is 10.7 Å². The lowest BCUT2D eigenvalue weighted by Crippen LogP contribution is -2.40. The minimum atomic E-state index is -0.842. The Hall–Kier alpha value is -3.38. The highest BCUT2D eigenvalue weighted by Crippen LogP contribution is 2.52. The molecule has 1 aliphatic rings. The zero-order valence-electron chi connectivity index (χ0n) is 19.2. The molecule has 1 amide bonds. The van der Waals surface area contributed by atoms with Gasteiger partial charge in [-0.1, -0.05) is 53.4 Å². The highest BCUT2D eigenvalue weighted by Gasteiger charge is 2.48.